The van der Waals surface area contributed by atoms with Crippen molar-refractivity contribution >= 4 is 28.4 Å². The quantitative estimate of drug-likeness (QED) is 0.731. The molecule has 0 saturated heterocycles. The first kappa shape index (κ1) is 17.4. The van der Waals surface area contributed by atoms with Gasteiger partial charge in [0.1, 0.15) is 6.54 Å². The Labute approximate surface area is 113 Å². The van der Waals surface area contributed by atoms with E-state index < -0.39 is 16.6 Å². The zero-order valence-corrected chi connectivity index (χ0v) is 15.0. The van der Waals surface area contributed by atoms with Gasteiger partial charge in [0.15, 0.2) is 8.24 Å². The highest BCUT2D eigenvalue weighted by Gasteiger charge is 2.33. The highest BCUT2D eigenvalue weighted by atomic mass is 28.4. The van der Waals surface area contributed by atoms with Crippen molar-refractivity contribution in [1.29, 1.82) is 0 Å². The molecular weight excluding hydrogens is 262 g/mol. The van der Waals surface area contributed by atoms with Crippen LogP contribution in [0, 0.1) is 5.92 Å². The molecule has 0 aromatic rings. The number of nitrogens with zero attached hydrogens (tertiary/aromatic N) is 1. The van der Waals surface area contributed by atoms with Crippen LogP contribution >= 0.6 is 0 Å². The average molecular weight is 290 g/mol. The Morgan fingerprint density at radius 1 is 1.06 bits per heavy atom. The Hall–Kier alpha value is -0.626. The van der Waals surface area contributed by atoms with Crippen molar-refractivity contribution in [3.8, 4) is 0 Å². The molecule has 0 atom stereocenters. The number of hydrogen-bond acceptors (Lipinski definition) is 3. The van der Waals surface area contributed by atoms with Crippen molar-refractivity contribution in [2.45, 2.75) is 53.1 Å². The van der Waals surface area contributed by atoms with Gasteiger partial charge in [0.05, 0.1) is 0 Å². The lowest BCUT2D eigenvalue weighted by atomic mass is 10.2. The van der Waals surface area contributed by atoms with Crippen molar-refractivity contribution in [2.75, 3.05) is 6.54 Å². The van der Waals surface area contributed by atoms with E-state index in [0.29, 0.717) is 0 Å². The molecule has 0 bridgehead atoms. The summed E-state index contributed by atoms with van der Waals surface area (Å²) >= 11 is 0. The maximum Gasteiger partial charge on any atom is 0.311 e. The maximum absolute atomic E-state index is 12.2. The SMILES string of the molecule is CC(C)C(=O)N(CC(=O)O[Si](C)(C)C)[Si](C)(C)C. The van der Waals surface area contributed by atoms with Crippen LogP contribution in [0.15, 0.2) is 0 Å². The van der Waals surface area contributed by atoms with Gasteiger partial charge >= 0.3 is 5.97 Å². The van der Waals surface area contributed by atoms with E-state index in [9.17, 15) is 9.59 Å². The van der Waals surface area contributed by atoms with Crippen molar-refractivity contribution in [3.05, 3.63) is 0 Å². The largest absolute Gasteiger partial charge is 0.519 e. The monoisotopic (exact) mass is 289 g/mol. The van der Waals surface area contributed by atoms with E-state index >= 15 is 0 Å². The van der Waals surface area contributed by atoms with Crippen LogP contribution in [0.3, 0.4) is 0 Å². The number of hydrogen-bond donors (Lipinski definition) is 0. The molecule has 6 heteroatoms. The minimum atomic E-state index is -1.88. The second-order valence-corrected chi connectivity index (χ2v) is 16.1. The van der Waals surface area contributed by atoms with E-state index in [2.05, 4.69) is 19.6 Å². The number of amides is 1. The molecule has 0 heterocycles. The van der Waals surface area contributed by atoms with Crippen molar-refractivity contribution in [1.82, 2.24) is 4.57 Å². The molecule has 0 rings (SSSR count). The van der Waals surface area contributed by atoms with Crippen LogP contribution in [0.4, 0.5) is 0 Å². The molecule has 4 nitrogen and oxygen atoms in total. The molecule has 0 N–H and O–H groups in total. The smallest absolute Gasteiger partial charge is 0.311 e. The summed E-state index contributed by atoms with van der Waals surface area (Å²) in [6, 6.07) is 0. The van der Waals surface area contributed by atoms with Gasteiger partial charge in [-0.25, -0.2) is 0 Å². The summed E-state index contributed by atoms with van der Waals surface area (Å²) in [4.78, 5) is 24.0. The predicted octanol–water partition coefficient (Wildman–Crippen LogP) is 2.68. The molecular formula is C12H27NO3Si2. The predicted molar refractivity (Wildman–Crippen MR) is 79.3 cm³/mol. The zero-order chi connectivity index (χ0) is 14.7. The van der Waals surface area contributed by atoms with Crippen molar-refractivity contribution in [2.24, 2.45) is 5.92 Å². The zero-order valence-electron chi connectivity index (χ0n) is 13.0. The third-order valence-corrected chi connectivity index (χ3v) is 5.11. The van der Waals surface area contributed by atoms with Crippen LogP contribution in [-0.2, 0) is 14.0 Å². The molecule has 0 radical (unpaired) electrons. The third-order valence-electron chi connectivity index (χ3n) is 2.28. The van der Waals surface area contributed by atoms with Crippen LogP contribution in [0.25, 0.3) is 0 Å². The van der Waals surface area contributed by atoms with Gasteiger partial charge in [-0.15, -0.1) is 0 Å². The number of carbonyl (C=O) groups is 2. The van der Waals surface area contributed by atoms with Crippen LogP contribution in [0.1, 0.15) is 13.8 Å². The fraction of sp³-hybridized carbons (Fsp3) is 0.833. The van der Waals surface area contributed by atoms with Crippen LogP contribution in [0.5, 0.6) is 0 Å². The highest BCUT2D eigenvalue weighted by Crippen LogP contribution is 2.14. The maximum atomic E-state index is 12.2. The standard InChI is InChI=1S/C12H27NO3Si2/c1-10(2)12(15)13(17(3,4)5)9-11(14)16-18(6,7)8/h10H,9H2,1-8H3. The normalized spacial score (nSPS) is 12.5. The summed E-state index contributed by atoms with van der Waals surface area (Å²) < 4.78 is 7.16. The molecule has 0 unspecified atom stereocenters. The van der Waals surface area contributed by atoms with E-state index in [0.717, 1.165) is 0 Å². The summed E-state index contributed by atoms with van der Waals surface area (Å²) in [7, 11) is -3.73. The van der Waals surface area contributed by atoms with E-state index in [1.165, 1.54) is 0 Å². The molecule has 0 aliphatic carbocycles. The molecule has 0 fully saturated rings. The fourth-order valence-corrected chi connectivity index (χ4v) is 3.73. The Bertz CT molecular complexity index is 316. The molecule has 0 aromatic carbocycles. The first-order valence-corrected chi connectivity index (χ1v) is 13.2. The Morgan fingerprint density at radius 3 is 1.78 bits per heavy atom. The van der Waals surface area contributed by atoms with Crippen LogP contribution in [-0.4, -0.2) is 39.5 Å². The average Bonchev–Trinajstić information content (AvgIpc) is 2.08. The Balaban J connectivity index is 4.83. The molecule has 0 saturated carbocycles. The van der Waals surface area contributed by atoms with Gasteiger partial charge < -0.3 is 8.99 Å². The van der Waals surface area contributed by atoms with Gasteiger partial charge in [-0.3, -0.25) is 9.59 Å². The number of carbonyl (C=O) groups excluding carboxylic acids is 2. The lowest BCUT2D eigenvalue weighted by Crippen LogP contribution is -2.54. The summed E-state index contributed by atoms with van der Waals surface area (Å²) in [6.45, 7) is 15.9. The second kappa shape index (κ2) is 6.01. The molecule has 0 aromatic heterocycles. The Kier molecular flexibility index (Phi) is 5.80. The van der Waals surface area contributed by atoms with E-state index in [1.54, 1.807) is 4.57 Å². The van der Waals surface area contributed by atoms with Crippen LogP contribution in [0.2, 0.25) is 39.3 Å². The van der Waals surface area contributed by atoms with Gasteiger partial charge in [-0.1, -0.05) is 33.5 Å². The minimum Gasteiger partial charge on any atom is -0.519 e. The van der Waals surface area contributed by atoms with Gasteiger partial charge in [0.25, 0.3) is 0 Å². The lowest BCUT2D eigenvalue weighted by molar-refractivity contribution is -0.141. The lowest BCUT2D eigenvalue weighted by Gasteiger charge is -2.35. The minimum absolute atomic E-state index is 0.0432. The summed E-state index contributed by atoms with van der Waals surface area (Å²) in [6.07, 6.45) is 0. The molecule has 106 valence electrons. The summed E-state index contributed by atoms with van der Waals surface area (Å²) in [5.74, 6) is -0.316. The van der Waals surface area contributed by atoms with Crippen molar-refractivity contribution < 1.29 is 14.0 Å². The second-order valence-electron chi connectivity index (χ2n) is 6.84. The van der Waals surface area contributed by atoms with Crippen LogP contribution < -0.4 is 0 Å². The first-order chi connectivity index (χ1) is 7.84. The van der Waals surface area contributed by atoms with E-state index in [-0.39, 0.29) is 24.3 Å². The Morgan fingerprint density at radius 2 is 1.50 bits per heavy atom. The van der Waals surface area contributed by atoms with Crippen molar-refractivity contribution in [3.63, 3.8) is 0 Å². The molecule has 1 amide bonds. The first-order valence-electron chi connectivity index (χ1n) is 6.38. The third kappa shape index (κ3) is 6.35. The molecule has 18 heavy (non-hydrogen) atoms. The van der Waals surface area contributed by atoms with Gasteiger partial charge in [-0.05, 0) is 19.6 Å². The summed E-state index contributed by atoms with van der Waals surface area (Å²) in [5.41, 5.74) is 0. The topological polar surface area (TPSA) is 46.6 Å². The summed E-state index contributed by atoms with van der Waals surface area (Å²) in [5, 5.41) is 0. The molecule has 0 aliphatic rings. The molecule has 0 aliphatic heterocycles. The highest BCUT2D eigenvalue weighted by molar-refractivity contribution is 6.75. The van der Waals surface area contributed by atoms with E-state index in [1.807, 2.05) is 33.5 Å². The number of rotatable bonds is 5. The van der Waals surface area contributed by atoms with Gasteiger partial charge in [0.2, 0.25) is 14.2 Å². The van der Waals surface area contributed by atoms with Gasteiger partial charge in [-0.2, -0.15) is 0 Å². The molecule has 0 spiro atoms. The van der Waals surface area contributed by atoms with E-state index in [4.69, 9.17) is 4.43 Å². The van der Waals surface area contributed by atoms with Gasteiger partial charge in [0, 0.05) is 5.92 Å². The fourth-order valence-electron chi connectivity index (χ4n) is 1.46.